The van der Waals surface area contributed by atoms with E-state index in [1.807, 2.05) is 0 Å². The van der Waals surface area contributed by atoms with Gasteiger partial charge in [0, 0.05) is 13.1 Å². The van der Waals surface area contributed by atoms with Crippen LogP contribution in [-0.2, 0) is 0 Å². The summed E-state index contributed by atoms with van der Waals surface area (Å²) >= 11 is 0. The molecule has 6 nitrogen and oxygen atoms in total. The number of amides is 2. The van der Waals surface area contributed by atoms with Crippen LogP contribution in [0.4, 0.5) is 0 Å². The first kappa shape index (κ1) is 16.9. The van der Waals surface area contributed by atoms with E-state index in [9.17, 15) is 9.59 Å². The lowest BCUT2D eigenvalue weighted by molar-refractivity contribution is 0.0918. The van der Waals surface area contributed by atoms with Crippen molar-refractivity contribution in [2.45, 2.75) is 32.1 Å². The van der Waals surface area contributed by atoms with Gasteiger partial charge in [0.05, 0.1) is 12.5 Å². The van der Waals surface area contributed by atoms with E-state index in [1.54, 1.807) is 24.3 Å². The molecular weight excluding hydrogens is 296 g/mol. The molecule has 0 atom stereocenters. The maximum absolute atomic E-state index is 11.6. The maximum atomic E-state index is 11.6. The number of hydrogen-bond acceptors (Lipinski definition) is 4. The molecule has 2 aromatic rings. The van der Waals surface area contributed by atoms with E-state index in [0.29, 0.717) is 24.6 Å². The molecule has 23 heavy (non-hydrogen) atoms. The minimum Gasteiger partial charge on any atom is -0.459 e. The molecule has 2 amide bonds. The van der Waals surface area contributed by atoms with Crippen molar-refractivity contribution in [3.63, 3.8) is 0 Å². The lowest BCUT2D eigenvalue weighted by Crippen LogP contribution is -2.24. The molecule has 2 N–H and O–H groups in total. The summed E-state index contributed by atoms with van der Waals surface area (Å²) in [4.78, 5) is 23.2. The number of rotatable bonds is 10. The van der Waals surface area contributed by atoms with Crippen LogP contribution in [0.3, 0.4) is 0 Å². The minimum atomic E-state index is -0.171. The van der Waals surface area contributed by atoms with Crippen LogP contribution in [0.25, 0.3) is 0 Å². The Hall–Kier alpha value is -2.50. The second kappa shape index (κ2) is 9.50. The fourth-order valence-corrected chi connectivity index (χ4v) is 2.17. The van der Waals surface area contributed by atoms with Crippen LogP contribution in [0.15, 0.2) is 45.6 Å². The number of nitrogens with one attached hydrogen (secondary N) is 2. The normalized spacial score (nSPS) is 10.4. The number of hydrogen-bond donors (Lipinski definition) is 2. The van der Waals surface area contributed by atoms with Gasteiger partial charge in [-0.15, -0.1) is 0 Å². The molecule has 0 spiro atoms. The van der Waals surface area contributed by atoms with E-state index >= 15 is 0 Å². The van der Waals surface area contributed by atoms with Gasteiger partial charge in [0.2, 0.25) is 0 Å². The van der Waals surface area contributed by atoms with Crippen LogP contribution in [0.2, 0.25) is 0 Å². The first-order valence-electron chi connectivity index (χ1n) is 7.91. The van der Waals surface area contributed by atoms with Crippen molar-refractivity contribution < 1.29 is 18.4 Å². The Balaban J connectivity index is 1.41. The Morgan fingerprint density at radius 1 is 0.739 bits per heavy atom. The summed E-state index contributed by atoms with van der Waals surface area (Å²) in [6, 6.07) is 6.68. The van der Waals surface area contributed by atoms with Crippen molar-refractivity contribution in [2.75, 3.05) is 13.1 Å². The lowest BCUT2D eigenvalue weighted by Gasteiger charge is -2.04. The Morgan fingerprint density at radius 2 is 1.17 bits per heavy atom. The molecular formula is C17H22N2O4. The standard InChI is InChI=1S/C17H22N2O4/c20-16(14-8-6-12-22-14)18-10-4-2-1-3-5-11-19-17(21)15-9-7-13-23-15/h6-9,12-13H,1-5,10-11H2,(H,18,20)(H,19,21). The van der Waals surface area contributed by atoms with Crippen molar-refractivity contribution in [2.24, 2.45) is 0 Å². The van der Waals surface area contributed by atoms with Gasteiger partial charge in [-0.25, -0.2) is 0 Å². The Morgan fingerprint density at radius 3 is 1.57 bits per heavy atom. The Labute approximate surface area is 135 Å². The average Bonchev–Trinajstić information content (AvgIpc) is 3.25. The molecule has 0 aromatic carbocycles. The van der Waals surface area contributed by atoms with Gasteiger partial charge in [0.15, 0.2) is 11.5 Å². The number of carbonyl (C=O) groups is 2. The molecule has 0 saturated carbocycles. The Kier molecular flexibility index (Phi) is 6.97. The summed E-state index contributed by atoms with van der Waals surface area (Å²) < 4.78 is 10.0. The SMILES string of the molecule is O=C(NCCCCCCCNC(=O)c1ccco1)c1ccco1. The van der Waals surface area contributed by atoms with Gasteiger partial charge >= 0.3 is 0 Å². The van der Waals surface area contributed by atoms with E-state index < -0.39 is 0 Å². The summed E-state index contributed by atoms with van der Waals surface area (Å²) in [7, 11) is 0. The van der Waals surface area contributed by atoms with Gasteiger partial charge in [-0.05, 0) is 37.1 Å². The van der Waals surface area contributed by atoms with Crippen molar-refractivity contribution in [3.05, 3.63) is 48.3 Å². The zero-order valence-corrected chi connectivity index (χ0v) is 13.0. The minimum absolute atomic E-state index is 0.171. The third-order valence-electron chi connectivity index (χ3n) is 3.41. The van der Waals surface area contributed by atoms with Crippen LogP contribution < -0.4 is 10.6 Å². The monoisotopic (exact) mass is 318 g/mol. The van der Waals surface area contributed by atoms with Gasteiger partial charge in [-0.1, -0.05) is 19.3 Å². The second-order valence-corrected chi connectivity index (χ2v) is 5.23. The summed E-state index contributed by atoms with van der Waals surface area (Å²) in [6.07, 6.45) is 8.01. The second-order valence-electron chi connectivity index (χ2n) is 5.23. The van der Waals surface area contributed by atoms with Gasteiger partial charge in [0.1, 0.15) is 0 Å². The highest BCUT2D eigenvalue weighted by Crippen LogP contribution is 2.04. The first-order chi connectivity index (χ1) is 11.3. The fourth-order valence-electron chi connectivity index (χ4n) is 2.17. The number of carbonyl (C=O) groups excluding carboxylic acids is 2. The zero-order valence-electron chi connectivity index (χ0n) is 13.0. The van der Waals surface area contributed by atoms with Crippen molar-refractivity contribution in [1.82, 2.24) is 10.6 Å². The van der Waals surface area contributed by atoms with Gasteiger partial charge in [0.25, 0.3) is 11.8 Å². The summed E-state index contributed by atoms with van der Waals surface area (Å²) in [6.45, 7) is 1.30. The van der Waals surface area contributed by atoms with Crippen molar-refractivity contribution in [3.8, 4) is 0 Å². The first-order valence-corrected chi connectivity index (χ1v) is 7.91. The summed E-state index contributed by atoms with van der Waals surface area (Å²) in [5.74, 6) is 0.348. The van der Waals surface area contributed by atoms with Crippen molar-refractivity contribution >= 4 is 11.8 Å². The third kappa shape index (κ3) is 6.02. The number of unbranched alkanes of at least 4 members (excludes halogenated alkanes) is 4. The molecule has 124 valence electrons. The van der Waals surface area contributed by atoms with Gasteiger partial charge < -0.3 is 19.5 Å². The van der Waals surface area contributed by atoms with Crippen LogP contribution >= 0.6 is 0 Å². The van der Waals surface area contributed by atoms with Crippen LogP contribution in [-0.4, -0.2) is 24.9 Å². The van der Waals surface area contributed by atoms with E-state index in [0.717, 1.165) is 32.1 Å². The molecule has 0 aliphatic carbocycles. The molecule has 0 radical (unpaired) electrons. The molecule has 2 aromatic heterocycles. The fraction of sp³-hybridized carbons (Fsp3) is 0.412. The highest BCUT2D eigenvalue weighted by atomic mass is 16.3. The molecule has 2 rings (SSSR count). The molecule has 0 fully saturated rings. The van der Waals surface area contributed by atoms with Crippen LogP contribution in [0.1, 0.15) is 53.2 Å². The van der Waals surface area contributed by atoms with Gasteiger partial charge in [-0.3, -0.25) is 9.59 Å². The third-order valence-corrected chi connectivity index (χ3v) is 3.41. The zero-order chi connectivity index (χ0) is 16.3. The van der Waals surface area contributed by atoms with Crippen LogP contribution in [0.5, 0.6) is 0 Å². The molecule has 0 aliphatic heterocycles. The van der Waals surface area contributed by atoms with Crippen LogP contribution in [0, 0.1) is 0 Å². The molecule has 6 heteroatoms. The van der Waals surface area contributed by atoms with Gasteiger partial charge in [-0.2, -0.15) is 0 Å². The molecule has 0 unspecified atom stereocenters. The highest BCUT2D eigenvalue weighted by Gasteiger charge is 2.07. The van der Waals surface area contributed by atoms with E-state index in [1.165, 1.54) is 12.5 Å². The predicted molar refractivity (Wildman–Crippen MR) is 85.2 cm³/mol. The van der Waals surface area contributed by atoms with E-state index in [2.05, 4.69) is 10.6 Å². The number of furan rings is 2. The predicted octanol–water partition coefficient (Wildman–Crippen LogP) is 2.98. The van der Waals surface area contributed by atoms with Crippen molar-refractivity contribution in [1.29, 1.82) is 0 Å². The molecule has 2 heterocycles. The molecule has 0 bridgehead atoms. The highest BCUT2D eigenvalue weighted by molar-refractivity contribution is 5.91. The largest absolute Gasteiger partial charge is 0.459 e. The Bertz CT molecular complexity index is 524. The average molecular weight is 318 g/mol. The maximum Gasteiger partial charge on any atom is 0.286 e. The topological polar surface area (TPSA) is 84.5 Å². The van der Waals surface area contributed by atoms with E-state index in [-0.39, 0.29) is 11.8 Å². The lowest BCUT2D eigenvalue weighted by atomic mass is 10.1. The summed E-state index contributed by atoms with van der Waals surface area (Å²) in [5, 5.41) is 5.64. The smallest absolute Gasteiger partial charge is 0.286 e. The van der Waals surface area contributed by atoms with E-state index in [4.69, 9.17) is 8.83 Å². The molecule has 0 aliphatic rings. The quantitative estimate of drug-likeness (QED) is 0.660. The molecule has 0 saturated heterocycles. The summed E-state index contributed by atoms with van der Waals surface area (Å²) in [5.41, 5.74) is 0.